The lowest BCUT2D eigenvalue weighted by molar-refractivity contribution is -0.334. The van der Waals surface area contributed by atoms with Crippen LogP contribution in [0.3, 0.4) is 0 Å². The van der Waals surface area contributed by atoms with Crippen molar-refractivity contribution in [2.45, 2.75) is 61.3 Å². The number of ether oxygens (including phenoxy) is 3. The number of nitrogens with one attached hydrogen (secondary N) is 1. The van der Waals surface area contributed by atoms with Gasteiger partial charge in [-0.25, -0.2) is 13.8 Å². The minimum Gasteiger partial charge on any atom is -0.479 e. The quantitative estimate of drug-likeness (QED) is 0.154. The van der Waals surface area contributed by atoms with Crippen molar-refractivity contribution in [1.82, 2.24) is 5.32 Å². The second kappa shape index (κ2) is 9.83. The van der Waals surface area contributed by atoms with Crippen LogP contribution in [-0.4, -0.2) is 129 Å². The van der Waals surface area contributed by atoms with Gasteiger partial charge in [-0.05, 0) is 0 Å². The number of aliphatic carboxylic acids is 1. The fourth-order valence-electron chi connectivity index (χ4n) is 3.10. The van der Waals surface area contributed by atoms with E-state index in [2.05, 4.69) is 4.18 Å². The minimum atomic E-state index is -5.28. The number of aliphatic hydroxyl groups is 5. The second-order valence-corrected chi connectivity index (χ2v) is 7.60. The van der Waals surface area contributed by atoms with Crippen LogP contribution in [0.25, 0.3) is 0 Å². The van der Waals surface area contributed by atoms with Gasteiger partial charge in [0.2, 0.25) is 0 Å². The summed E-state index contributed by atoms with van der Waals surface area (Å²) >= 11 is 0. The third-order valence-corrected chi connectivity index (χ3v) is 4.94. The van der Waals surface area contributed by atoms with E-state index in [0.717, 1.165) is 0 Å². The monoisotopic (exact) mass is 479 g/mol. The second-order valence-electron chi connectivity index (χ2n) is 6.55. The van der Waals surface area contributed by atoms with Gasteiger partial charge in [-0.15, -0.1) is 0 Å². The molecular weight excluding hydrogens is 458 g/mol. The van der Waals surface area contributed by atoms with Crippen LogP contribution < -0.4 is 5.32 Å². The molecule has 0 bridgehead atoms. The van der Waals surface area contributed by atoms with Crippen LogP contribution in [0.15, 0.2) is 0 Å². The Morgan fingerprint density at radius 1 is 0.968 bits per heavy atom. The van der Waals surface area contributed by atoms with Gasteiger partial charge in [0.05, 0.1) is 6.61 Å². The molecule has 180 valence electrons. The highest BCUT2D eigenvalue weighted by atomic mass is 32.3. The third kappa shape index (κ3) is 5.96. The number of aliphatic hydroxyl groups excluding tert-OH is 5. The van der Waals surface area contributed by atoms with Crippen molar-refractivity contribution in [3.8, 4) is 0 Å². The van der Waals surface area contributed by atoms with Gasteiger partial charge < -0.3 is 55.3 Å². The molecule has 2 aliphatic rings. The largest absolute Gasteiger partial charge is 0.479 e. The van der Waals surface area contributed by atoms with Crippen molar-refractivity contribution in [2.24, 2.45) is 0 Å². The van der Waals surface area contributed by atoms with Gasteiger partial charge in [0, 0.05) is 0 Å². The summed E-state index contributed by atoms with van der Waals surface area (Å²) in [5, 5.41) is 68.8. The summed E-state index contributed by atoms with van der Waals surface area (Å²) in [4.78, 5) is 22.3. The molecule has 1 unspecified atom stereocenters. The van der Waals surface area contributed by atoms with E-state index in [-0.39, 0.29) is 0 Å². The molecule has 0 aromatic rings. The Morgan fingerprint density at radius 3 is 2.06 bits per heavy atom. The van der Waals surface area contributed by atoms with E-state index in [1.807, 2.05) is 0 Å². The Bertz CT molecular complexity index is 761. The number of carboxylic acids is 1. The average molecular weight is 479 g/mol. The molecule has 1 amide bonds. The van der Waals surface area contributed by atoms with E-state index in [1.165, 1.54) is 0 Å². The number of hydrogen-bond donors (Lipinski definition) is 9. The first-order valence-electron chi connectivity index (χ1n) is 8.44. The molecule has 2 saturated heterocycles. The summed E-state index contributed by atoms with van der Waals surface area (Å²) in [7, 11) is -5.28. The lowest BCUT2D eigenvalue weighted by Gasteiger charge is -2.46. The fourth-order valence-corrected chi connectivity index (χ4v) is 3.62. The molecule has 2 fully saturated rings. The highest BCUT2D eigenvalue weighted by molar-refractivity contribution is 7.80. The van der Waals surface area contributed by atoms with Crippen molar-refractivity contribution in [1.29, 1.82) is 0 Å². The first-order valence-corrected chi connectivity index (χ1v) is 9.80. The van der Waals surface area contributed by atoms with Crippen LogP contribution in [0.4, 0.5) is 4.79 Å². The lowest BCUT2D eigenvalue weighted by Crippen LogP contribution is -2.68. The molecule has 18 heteroatoms. The number of carbonyl (C=O) groups is 2. The number of amides is 1. The average Bonchev–Trinajstić information content (AvgIpc) is 2.64. The van der Waals surface area contributed by atoms with E-state index in [1.54, 1.807) is 5.32 Å². The van der Waals surface area contributed by atoms with Gasteiger partial charge >= 0.3 is 22.5 Å². The zero-order valence-corrected chi connectivity index (χ0v) is 16.0. The van der Waals surface area contributed by atoms with Crippen LogP contribution in [0, 0.1) is 0 Å². The predicted molar refractivity (Wildman–Crippen MR) is 88.5 cm³/mol. The SMILES string of the molecule is O=C(O)N[C@H]1[C@H](O[C@H]2O[C@@H](C(=O)O)[C@H](O)[C@@H](O)[C@@H]2O)[C@H](OS(=O)(=O)O)C(CO)O[C@@H]1O. The van der Waals surface area contributed by atoms with Gasteiger partial charge in [0.1, 0.15) is 42.7 Å². The van der Waals surface area contributed by atoms with E-state index in [0.29, 0.717) is 0 Å². The zero-order chi connectivity index (χ0) is 23.7. The summed E-state index contributed by atoms with van der Waals surface area (Å²) in [6.45, 7) is -1.04. The number of carboxylic acid groups (broad SMARTS) is 2. The van der Waals surface area contributed by atoms with Crippen LogP contribution in [0.2, 0.25) is 0 Å². The number of hydrogen-bond acceptors (Lipinski definition) is 13. The van der Waals surface area contributed by atoms with E-state index in [9.17, 15) is 43.5 Å². The van der Waals surface area contributed by atoms with Gasteiger partial charge in [0.15, 0.2) is 18.7 Å². The zero-order valence-electron chi connectivity index (χ0n) is 15.2. The molecule has 9 N–H and O–H groups in total. The fraction of sp³-hybridized carbons (Fsp3) is 0.846. The van der Waals surface area contributed by atoms with Crippen LogP contribution in [-0.2, 0) is 33.6 Å². The molecule has 31 heavy (non-hydrogen) atoms. The molecule has 0 saturated carbocycles. The topological polar surface area (TPSA) is 279 Å². The molecule has 0 aromatic carbocycles. The van der Waals surface area contributed by atoms with Gasteiger partial charge in [-0.3, -0.25) is 4.55 Å². The predicted octanol–water partition coefficient (Wildman–Crippen LogP) is -5.20. The molecule has 2 aliphatic heterocycles. The van der Waals surface area contributed by atoms with E-state index in [4.69, 9.17) is 29.0 Å². The Labute approximate surface area is 173 Å². The molecule has 0 aliphatic carbocycles. The molecule has 0 aromatic heterocycles. The maximum atomic E-state index is 11.2. The first kappa shape index (κ1) is 25.5. The van der Waals surface area contributed by atoms with E-state index < -0.39 is 90.4 Å². The van der Waals surface area contributed by atoms with Gasteiger partial charge in [0.25, 0.3) is 0 Å². The third-order valence-electron chi connectivity index (χ3n) is 4.47. The smallest absolute Gasteiger partial charge is 0.405 e. The van der Waals surface area contributed by atoms with Crippen molar-refractivity contribution in [3.05, 3.63) is 0 Å². The summed E-state index contributed by atoms with van der Waals surface area (Å²) < 4.78 is 50.8. The van der Waals surface area contributed by atoms with Crippen molar-refractivity contribution in [2.75, 3.05) is 6.61 Å². The summed E-state index contributed by atoms with van der Waals surface area (Å²) in [6, 6.07) is -1.89. The first-order chi connectivity index (χ1) is 14.3. The number of rotatable bonds is 7. The summed E-state index contributed by atoms with van der Waals surface area (Å²) in [5.41, 5.74) is 0. The highest BCUT2D eigenvalue weighted by Crippen LogP contribution is 2.30. The summed E-state index contributed by atoms with van der Waals surface area (Å²) in [6.07, 6.45) is -20.3. The molecule has 10 atom stereocenters. The molecule has 2 rings (SSSR count). The maximum Gasteiger partial charge on any atom is 0.405 e. The summed E-state index contributed by atoms with van der Waals surface area (Å²) in [5.74, 6) is -1.78. The molecule has 17 nitrogen and oxygen atoms in total. The standard InChI is InChI=1S/C13H21NO16S/c15-1-2-7(30-31(24,25)26)8(3(11(21)27-2)14-13(22)23)28-12-6(18)4(16)5(17)9(29-12)10(19)20/h2-9,11-12,14-18,21H,1H2,(H,19,20)(H,22,23)(H,24,25,26)/t2?,3-,4+,5+,6-,7+,8-,9+,11-,12-/m0/s1. The van der Waals surface area contributed by atoms with Crippen LogP contribution in [0.5, 0.6) is 0 Å². The Morgan fingerprint density at radius 2 is 1.58 bits per heavy atom. The molecule has 0 radical (unpaired) electrons. The van der Waals surface area contributed by atoms with Crippen molar-refractivity contribution in [3.63, 3.8) is 0 Å². The Hall–Kier alpha value is -1.71. The Kier molecular flexibility index (Phi) is 8.10. The van der Waals surface area contributed by atoms with Crippen LogP contribution in [0.1, 0.15) is 0 Å². The molecule has 0 spiro atoms. The van der Waals surface area contributed by atoms with Crippen molar-refractivity contribution < 1.29 is 76.7 Å². The Balaban J connectivity index is 2.42. The highest BCUT2D eigenvalue weighted by Gasteiger charge is 2.54. The van der Waals surface area contributed by atoms with Crippen molar-refractivity contribution >= 4 is 22.5 Å². The minimum absolute atomic E-state index is 1.04. The lowest BCUT2D eigenvalue weighted by atomic mass is 9.95. The normalized spacial score (nSPS) is 41.5. The van der Waals surface area contributed by atoms with Crippen LogP contribution >= 0.6 is 0 Å². The molecule has 2 heterocycles. The van der Waals surface area contributed by atoms with E-state index >= 15 is 0 Å². The van der Waals surface area contributed by atoms with Gasteiger partial charge in [-0.1, -0.05) is 0 Å². The molecular formula is C13H21NO16S. The maximum absolute atomic E-state index is 11.2. The van der Waals surface area contributed by atoms with Gasteiger partial charge in [-0.2, -0.15) is 8.42 Å².